The first-order valence-electron chi connectivity index (χ1n) is 6.62. The van der Waals surface area contributed by atoms with Gasteiger partial charge in [-0.25, -0.2) is 0 Å². The standard InChI is InChI=1S/C16H16O3S/c1-11-6-8-13(20(17,18)19)10-16(11)15-9-7-12-4-2-3-5-14(12)15/h2-6,8,10,15H,7,9H2,1H3,(H,17,18,19)/t15-/m0/s1. The first kappa shape index (κ1) is 13.3. The van der Waals surface area contributed by atoms with E-state index < -0.39 is 10.1 Å². The van der Waals surface area contributed by atoms with Gasteiger partial charge in [-0.3, -0.25) is 4.55 Å². The minimum atomic E-state index is -4.15. The molecule has 0 aromatic heterocycles. The molecule has 0 aliphatic heterocycles. The summed E-state index contributed by atoms with van der Waals surface area (Å²) < 4.78 is 31.8. The molecule has 1 aliphatic carbocycles. The second kappa shape index (κ2) is 4.72. The zero-order valence-electron chi connectivity index (χ0n) is 11.2. The van der Waals surface area contributed by atoms with Gasteiger partial charge < -0.3 is 0 Å². The summed E-state index contributed by atoms with van der Waals surface area (Å²) in [6.07, 6.45) is 1.99. The highest BCUT2D eigenvalue weighted by molar-refractivity contribution is 7.85. The fraction of sp³-hybridized carbons (Fsp3) is 0.250. The molecule has 0 heterocycles. The van der Waals surface area contributed by atoms with Crippen molar-refractivity contribution in [1.29, 1.82) is 0 Å². The largest absolute Gasteiger partial charge is 0.294 e. The molecule has 104 valence electrons. The maximum atomic E-state index is 11.3. The van der Waals surface area contributed by atoms with Crippen molar-refractivity contribution in [2.75, 3.05) is 0 Å². The van der Waals surface area contributed by atoms with Gasteiger partial charge in [0.15, 0.2) is 0 Å². The summed E-state index contributed by atoms with van der Waals surface area (Å²) >= 11 is 0. The Bertz CT molecular complexity index is 763. The van der Waals surface area contributed by atoms with Crippen LogP contribution in [0.15, 0.2) is 47.4 Å². The summed E-state index contributed by atoms with van der Waals surface area (Å²) in [5, 5.41) is 0. The molecule has 0 saturated carbocycles. The van der Waals surface area contributed by atoms with Gasteiger partial charge in [0.2, 0.25) is 0 Å². The monoisotopic (exact) mass is 288 g/mol. The Labute approximate surface area is 119 Å². The fourth-order valence-corrected chi connectivity index (χ4v) is 3.55. The van der Waals surface area contributed by atoms with Gasteiger partial charge in [0, 0.05) is 5.92 Å². The third kappa shape index (κ3) is 2.25. The van der Waals surface area contributed by atoms with Crippen LogP contribution in [0.5, 0.6) is 0 Å². The van der Waals surface area contributed by atoms with Crippen molar-refractivity contribution in [3.8, 4) is 0 Å². The van der Waals surface area contributed by atoms with Crippen molar-refractivity contribution in [2.45, 2.75) is 30.6 Å². The van der Waals surface area contributed by atoms with E-state index in [2.05, 4.69) is 12.1 Å². The SMILES string of the molecule is Cc1ccc(S(=O)(=O)O)cc1[C@H]1CCc2ccccc21. The number of hydrogen-bond donors (Lipinski definition) is 1. The molecule has 1 atom stereocenters. The van der Waals surface area contributed by atoms with Crippen LogP contribution < -0.4 is 0 Å². The average Bonchev–Trinajstić information content (AvgIpc) is 2.82. The van der Waals surface area contributed by atoms with Gasteiger partial charge in [0.25, 0.3) is 10.1 Å². The highest BCUT2D eigenvalue weighted by Crippen LogP contribution is 2.39. The Balaban J connectivity index is 2.12. The molecule has 20 heavy (non-hydrogen) atoms. The Morgan fingerprint density at radius 2 is 1.85 bits per heavy atom. The molecular formula is C16H16O3S. The lowest BCUT2D eigenvalue weighted by atomic mass is 9.90. The third-order valence-electron chi connectivity index (χ3n) is 4.06. The first-order chi connectivity index (χ1) is 9.47. The molecule has 1 N–H and O–H groups in total. The molecule has 1 aliphatic rings. The second-order valence-electron chi connectivity index (χ2n) is 5.28. The minimum Gasteiger partial charge on any atom is -0.282 e. The highest BCUT2D eigenvalue weighted by Gasteiger charge is 2.25. The summed E-state index contributed by atoms with van der Waals surface area (Å²) in [7, 11) is -4.15. The van der Waals surface area contributed by atoms with Gasteiger partial charge in [-0.15, -0.1) is 0 Å². The first-order valence-corrected chi connectivity index (χ1v) is 8.06. The van der Waals surface area contributed by atoms with Crippen LogP contribution in [0.3, 0.4) is 0 Å². The summed E-state index contributed by atoms with van der Waals surface area (Å²) in [5.74, 6) is 0.216. The van der Waals surface area contributed by atoms with Crippen molar-refractivity contribution in [2.24, 2.45) is 0 Å². The van der Waals surface area contributed by atoms with Crippen LogP contribution in [0, 0.1) is 6.92 Å². The maximum Gasteiger partial charge on any atom is 0.294 e. The predicted molar refractivity (Wildman–Crippen MR) is 77.6 cm³/mol. The molecule has 4 heteroatoms. The van der Waals surface area contributed by atoms with Gasteiger partial charge in [-0.1, -0.05) is 30.3 Å². The molecule has 0 unspecified atom stereocenters. The maximum absolute atomic E-state index is 11.3. The lowest BCUT2D eigenvalue weighted by Gasteiger charge is -2.16. The van der Waals surface area contributed by atoms with Crippen LogP contribution in [-0.2, 0) is 16.5 Å². The molecular weight excluding hydrogens is 272 g/mol. The smallest absolute Gasteiger partial charge is 0.282 e. The topological polar surface area (TPSA) is 54.4 Å². The van der Waals surface area contributed by atoms with E-state index in [-0.39, 0.29) is 10.8 Å². The Morgan fingerprint density at radius 1 is 1.10 bits per heavy atom. The van der Waals surface area contributed by atoms with Gasteiger partial charge in [0.05, 0.1) is 4.90 Å². The van der Waals surface area contributed by atoms with Crippen LogP contribution >= 0.6 is 0 Å². The van der Waals surface area contributed by atoms with Gasteiger partial charge in [-0.2, -0.15) is 8.42 Å². The van der Waals surface area contributed by atoms with E-state index in [1.807, 2.05) is 19.1 Å². The predicted octanol–water partition coefficient (Wildman–Crippen LogP) is 3.32. The number of fused-ring (bicyclic) bond motifs is 1. The zero-order chi connectivity index (χ0) is 14.3. The average molecular weight is 288 g/mol. The lowest BCUT2D eigenvalue weighted by Crippen LogP contribution is -2.04. The zero-order valence-corrected chi connectivity index (χ0v) is 12.0. The second-order valence-corrected chi connectivity index (χ2v) is 6.71. The lowest BCUT2D eigenvalue weighted by molar-refractivity contribution is 0.483. The van der Waals surface area contributed by atoms with E-state index in [9.17, 15) is 13.0 Å². The van der Waals surface area contributed by atoms with E-state index in [0.29, 0.717) is 0 Å². The van der Waals surface area contributed by atoms with E-state index in [4.69, 9.17) is 0 Å². The minimum absolute atomic E-state index is 0.0255. The van der Waals surface area contributed by atoms with Crippen LogP contribution in [0.4, 0.5) is 0 Å². The van der Waals surface area contributed by atoms with Gasteiger partial charge >= 0.3 is 0 Å². The Kier molecular flexibility index (Phi) is 3.15. The van der Waals surface area contributed by atoms with Crippen molar-refractivity contribution < 1.29 is 13.0 Å². The molecule has 0 amide bonds. The fourth-order valence-electron chi connectivity index (χ4n) is 3.03. The summed E-state index contributed by atoms with van der Waals surface area (Å²) in [6.45, 7) is 1.98. The van der Waals surface area contributed by atoms with Crippen molar-refractivity contribution in [1.82, 2.24) is 0 Å². The van der Waals surface area contributed by atoms with Gasteiger partial charge in [0.1, 0.15) is 0 Å². The number of hydrogen-bond acceptors (Lipinski definition) is 2. The number of aryl methyl sites for hydroxylation is 2. The normalized spacial score (nSPS) is 18.0. The summed E-state index contributed by atoms with van der Waals surface area (Å²) in [5.41, 5.74) is 4.64. The van der Waals surface area contributed by atoms with E-state index in [0.717, 1.165) is 24.0 Å². The van der Waals surface area contributed by atoms with Crippen molar-refractivity contribution in [3.63, 3.8) is 0 Å². The quantitative estimate of drug-likeness (QED) is 0.862. The molecule has 0 bridgehead atoms. The number of rotatable bonds is 2. The van der Waals surface area contributed by atoms with Crippen LogP contribution in [0.25, 0.3) is 0 Å². The van der Waals surface area contributed by atoms with Crippen LogP contribution in [0.1, 0.15) is 34.6 Å². The molecule has 0 saturated heterocycles. The molecule has 3 nitrogen and oxygen atoms in total. The van der Waals surface area contributed by atoms with E-state index in [1.165, 1.54) is 17.2 Å². The van der Waals surface area contributed by atoms with Crippen LogP contribution in [0.2, 0.25) is 0 Å². The molecule has 0 spiro atoms. The van der Waals surface area contributed by atoms with E-state index >= 15 is 0 Å². The summed E-state index contributed by atoms with van der Waals surface area (Å²) in [6, 6.07) is 13.1. The highest BCUT2D eigenvalue weighted by atomic mass is 32.2. The summed E-state index contributed by atoms with van der Waals surface area (Å²) in [4.78, 5) is -0.0255. The molecule has 2 aromatic rings. The Hall–Kier alpha value is -1.65. The van der Waals surface area contributed by atoms with Crippen LogP contribution in [-0.4, -0.2) is 13.0 Å². The van der Waals surface area contributed by atoms with Gasteiger partial charge in [-0.05, 0) is 54.2 Å². The van der Waals surface area contributed by atoms with Crippen molar-refractivity contribution >= 4 is 10.1 Å². The molecule has 3 rings (SSSR count). The Morgan fingerprint density at radius 3 is 2.60 bits per heavy atom. The molecule has 2 aromatic carbocycles. The molecule has 0 radical (unpaired) electrons. The van der Waals surface area contributed by atoms with Crippen molar-refractivity contribution in [3.05, 3.63) is 64.7 Å². The van der Waals surface area contributed by atoms with E-state index in [1.54, 1.807) is 12.1 Å². The number of benzene rings is 2. The third-order valence-corrected chi connectivity index (χ3v) is 4.91. The molecule has 0 fully saturated rings.